The molecule has 3 heterocycles. The van der Waals surface area contributed by atoms with Crippen LogP contribution in [0.15, 0.2) is 55.1 Å². The van der Waals surface area contributed by atoms with E-state index in [1.54, 1.807) is 41.5 Å². The minimum absolute atomic E-state index is 0.0661. The minimum atomic E-state index is -0.367. The van der Waals surface area contributed by atoms with Crippen LogP contribution in [0.4, 0.5) is 4.39 Å². The average molecular weight is 381 g/mol. The number of nitrogens with zero attached hydrogens (tertiary/aromatic N) is 5. The van der Waals surface area contributed by atoms with Gasteiger partial charge < -0.3 is 9.64 Å². The largest absolute Gasteiger partial charge is 0.437 e. The van der Waals surface area contributed by atoms with Crippen molar-refractivity contribution in [1.29, 1.82) is 0 Å². The van der Waals surface area contributed by atoms with Gasteiger partial charge in [0, 0.05) is 43.7 Å². The van der Waals surface area contributed by atoms with E-state index in [0.717, 1.165) is 18.5 Å². The summed E-state index contributed by atoms with van der Waals surface area (Å²) < 4.78 is 20.6. The van der Waals surface area contributed by atoms with Gasteiger partial charge in [0.1, 0.15) is 18.1 Å². The molecule has 0 N–H and O–H groups in total. The maximum atomic E-state index is 13.3. The first-order chi connectivity index (χ1) is 13.7. The molecule has 3 aromatic rings. The van der Waals surface area contributed by atoms with Gasteiger partial charge in [-0.1, -0.05) is 6.07 Å². The van der Waals surface area contributed by atoms with E-state index in [4.69, 9.17) is 4.74 Å². The molecule has 1 fully saturated rings. The summed E-state index contributed by atoms with van der Waals surface area (Å²) in [7, 11) is 0. The molecule has 0 unspecified atom stereocenters. The summed E-state index contributed by atoms with van der Waals surface area (Å²) in [5.41, 5.74) is 0.827. The highest BCUT2D eigenvalue weighted by Crippen LogP contribution is 2.28. The highest BCUT2D eigenvalue weighted by Gasteiger charge is 2.25. The minimum Gasteiger partial charge on any atom is -0.437 e. The van der Waals surface area contributed by atoms with Crippen molar-refractivity contribution >= 4 is 5.91 Å². The van der Waals surface area contributed by atoms with E-state index in [1.165, 1.54) is 18.3 Å². The van der Waals surface area contributed by atoms with E-state index < -0.39 is 0 Å². The number of carbonyl (C=O) groups excluding carboxylic acids is 1. The highest BCUT2D eigenvalue weighted by atomic mass is 19.1. The van der Waals surface area contributed by atoms with Gasteiger partial charge in [0.05, 0.1) is 11.9 Å². The molecular weight excluding hydrogens is 361 g/mol. The molecule has 0 atom stereocenters. The van der Waals surface area contributed by atoms with Crippen LogP contribution in [-0.4, -0.2) is 43.6 Å². The van der Waals surface area contributed by atoms with E-state index in [2.05, 4.69) is 15.1 Å². The molecule has 2 aromatic heterocycles. The van der Waals surface area contributed by atoms with Crippen molar-refractivity contribution in [3.63, 3.8) is 0 Å². The smallest absolute Gasteiger partial charge is 0.244 e. The lowest BCUT2D eigenvalue weighted by Crippen LogP contribution is -2.40. The molecule has 1 aliphatic rings. The SMILES string of the molecule is O=C(Cn1cccn1)N1CCC(c2cncc(Oc3cccc(F)c3)n2)CC1. The predicted octanol–water partition coefficient (Wildman–Crippen LogP) is 3.01. The molecule has 4 rings (SSSR count). The lowest BCUT2D eigenvalue weighted by Gasteiger charge is -2.31. The van der Waals surface area contributed by atoms with E-state index in [0.29, 0.717) is 24.7 Å². The molecular formula is C20H20FN5O2. The van der Waals surface area contributed by atoms with Crippen LogP contribution in [0.25, 0.3) is 0 Å². The maximum absolute atomic E-state index is 13.3. The van der Waals surface area contributed by atoms with Crippen molar-refractivity contribution in [2.24, 2.45) is 0 Å². The van der Waals surface area contributed by atoms with Crippen LogP contribution in [0.2, 0.25) is 0 Å². The Kier molecular flexibility index (Phi) is 5.27. The molecule has 0 saturated carbocycles. The van der Waals surface area contributed by atoms with Crippen LogP contribution in [0.3, 0.4) is 0 Å². The third kappa shape index (κ3) is 4.33. The molecule has 0 spiro atoms. The van der Waals surface area contributed by atoms with Crippen molar-refractivity contribution in [2.75, 3.05) is 13.1 Å². The molecule has 1 aliphatic heterocycles. The first-order valence-electron chi connectivity index (χ1n) is 9.18. The average Bonchev–Trinajstić information content (AvgIpc) is 3.21. The summed E-state index contributed by atoms with van der Waals surface area (Å²) >= 11 is 0. The normalized spacial score (nSPS) is 14.8. The fraction of sp³-hybridized carbons (Fsp3) is 0.300. The van der Waals surface area contributed by atoms with Crippen LogP contribution in [0, 0.1) is 5.82 Å². The van der Waals surface area contributed by atoms with Crippen molar-refractivity contribution in [3.05, 3.63) is 66.6 Å². The molecule has 1 amide bonds. The summed E-state index contributed by atoms with van der Waals surface area (Å²) in [6.07, 6.45) is 8.30. The van der Waals surface area contributed by atoms with Crippen LogP contribution >= 0.6 is 0 Å². The molecule has 0 bridgehead atoms. The number of benzene rings is 1. The monoisotopic (exact) mass is 381 g/mol. The number of amides is 1. The van der Waals surface area contributed by atoms with Crippen LogP contribution in [0.1, 0.15) is 24.5 Å². The Balaban J connectivity index is 1.36. The van der Waals surface area contributed by atoms with Gasteiger partial charge in [-0.3, -0.25) is 14.5 Å². The number of carbonyl (C=O) groups is 1. The molecule has 28 heavy (non-hydrogen) atoms. The van der Waals surface area contributed by atoms with Gasteiger partial charge in [-0.15, -0.1) is 0 Å². The van der Waals surface area contributed by atoms with Gasteiger partial charge in [0.2, 0.25) is 11.8 Å². The second kappa shape index (κ2) is 8.16. The highest BCUT2D eigenvalue weighted by molar-refractivity contribution is 5.76. The molecule has 1 aromatic carbocycles. The Labute approximate surface area is 161 Å². The zero-order valence-electron chi connectivity index (χ0n) is 15.2. The number of halogens is 1. The number of piperidine rings is 1. The van der Waals surface area contributed by atoms with Crippen molar-refractivity contribution in [2.45, 2.75) is 25.3 Å². The Morgan fingerprint density at radius 1 is 1.21 bits per heavy atom. The van der Waals surface area contributed by atoms with Gasteiger partial charge in [0.15, 0.2) is 0 Å². The summed E-state index contributed by atoms with van der Waals surface area (Å²) in [5, 5.41) is 4.08. The fourth-order valence-corrected chi connectivity index (χ4v) is 3.32. The van der Waals surface area contributed by atoms with Gasteiger partial charge in [-0.2, -0.15) is 5.10 Å². The summed E-state index contributed by atoms with van der Waals surface area (Å²) in [6.45, 7) is 1.59. The Bertz CT molecular complexity index is 939. The number of likely N-dealkylation sites (tertiary alicyclic amines) is 1. The quantitative estimate of drug-likeness (QED) is 0.679. The van der Waals surface area contributed by atoms with Crippen LogP contribution < -0.4 is 4.74 Å². The van der Waals surface area contributed by atoms with Gasteiger partial charge in [-0.05, 0) is 31.0 Å². The topological polar surface area (TPSA) is 73.1 Å². The van der Waals surface area contributed by atoms with E-state index in [-0.39, 0.29) is 24.2 Å². The zero-order valence-corrected chi connectivity index (χ0v) is 15.2. The van der Waals surface area contributed by atoms with Crippen molar-refractivity contribution in [3.8, 4) is 11.6 Å². The van der Waals surface area contributed by atoms with E-state index >= 15 is 0 Å². The number of hydrogen-bond acceptors (Lipinski definition) is 5. The van der Waals surface area contributed by atoms with Gasteiger partial charge in [0.25, 0.3) is 0 Å². The third-order valence-corrected chi connectivity index (χ3v) is 4.77. The lowest BCUT2D eigenvalue weighted by atomic mass is 9.94. The van der Waals surface area contributed by atoms with Gasteiger partial charge in [-0.25, -0.2) is 9.37 Å². The zero-order chi connectivity index (χ0) is 19.3. The number of hydrogen-bond donors (Lipinski definition) is 0. The van der Waals surface area contributed by atoms with Crippen molar-refractivity contribution in [1.82, 2.24) is 24.6 Å². The maximum Gasteiger partial charge on any atom is 0.244 e. The Morgan fingerprint density at radius 2 is 2.07 bits per heavy atom. The summed E-state index contributed by atoms with van der Waals surface area (Å²) in [6, 6.07) is 7.71. The van der Waals surface area contributed by atoms with E-state index in [9.17, 15) is 9.18 Å². The molecule has 0 radical (unpaired) electrons. The van der Waals surface area contributed by atoms with Gasteiger partial charge >= 0.3 is 0 Å². The standard InChI is InChI=1S/C20H20FN5O2/c21-16-3-1-4-17(11-16)28-19-13-22-12-18(24-19)15-5-9-25(10-6-15)20(27)14-26-8-2-7-23-26/h1-4,7-8,11-13,15H,5-6,9-10,14H2. The first kappa shape index (κ1) is 18.1. The fourth-order valence-electron chi connectivity index (χ4n) is 3.32. The molecule has 7 nitrogen and oxygen atoms in total. The second-order valence-electron chi connectivity index (χ2n) is 6.70. The molecule has 0 aliphatic carbocycles. The van der Waals surface area contributed by atoms with Crippen molar-refractivity contribution < 1.29 is 13.9 Å². The molecule has 144 valence electrons. The van der Waals surface area contributed by atoms with E-state index in [1.807, 2.05) is 4.90 Å². The summed E-state index contributed by atoms with van der Waals surface area (Å²) in [5.74, 6) is 0.619. The third-order valence-electron chi connectivity index (χ3n) is 4.77. The Morgan fingerprint density at radius 3 is 2.82 bits per heavy atom. The first-order valence-corrected chi connectivity index (χ1v) is 9.18. The summed E-state index contributed by atoms with van der Waals surface area (Å²) in [4.78, 5) is 23.0. The number of rotatable bonds is 5. The Hall–Kier alpha value is -3.29. The second-order valence-corrected chi connectivity index (χ2v) is 6.70. The number of aromatic nitrogens is 4. The lowest BCUT2D eigenvalue weighted by molar-refractivity contribution is -0.133. The number of ether oxygens (including phenoxy) is 1. The van der Waals surface area contributed by atoms with Crippen LogP contribution in [-0.2, 0) is 11.3 Å². The molecule has 8 heteroatoms. The predicted molar refractivity (Wildman–Crippen MR) is 99.3 cm³/mol. The van der Waals surface area contributed by atoms with Crippen LogP contribution in [0.5, 0.6) is 11.6 Å². The molecule has 1 saturated heterocycles.